The molecule has 0 atom stereocenters. The van der Waals surface area contributed by atoms with Gasteiger partial charge in [0, 0.05) is 18.6 Å². The van der Waals surface area contributed by atoms with E-state index in [9.17, 15) is 13.2 Å². The molecule has 1 aromatic carbocycles. The highest BCUT2D eigenvalue weighted by atomic mass is 32.2. The number of carbonyl (C=O) groups is 1. The molecule has 0 aliphatic carbocycles. The Morgan fingerprint density at radius 1 is 1.26 bits per heavy atom. The van der Waals surface area contributed by atoms with Crippen LogP contribution in [0.2, 0.25) is 0 Å². The summed E-state index contributed by atoms with van der Waals surface area (Å²) in [6.07, 6.45) is 0.683. The first-order chi connectivity index (χ1) is 10.8. The quantitative estimate of drug-likeness (QED) is 0.891. The Hall–Kier alpha value is -1.60. The van der Waals surface area contributed by atoms with E-state index in [-0.39, 0.29) is 12.4 Å². The molecule has 1 amide bonds. The molecule has 0 aromatic heterocycles. The summed E-state index contributed by atoms with van der Waals surface area (Å²) in [5, 5.41) is 2.87. The van der Waals surface area contributed by atoms with Crippen LogP contribution >= 0.6 is 0 Å². The summed E-state index contributed by atoms with van der Waals surface area (Å²) in [6.45, 7) is 4.63. The number of hydrogen-bond donors (Lipinski definition) is 1. The van der Waals surface area contributed by atoms with Crippen molar-refractivity contribution in [2.24, 2.45) is 0 Å². The monoisotopic (exact) mass is 340 g/mol. The highest BCUT2D eigenvalue weighted by molar-refractivity contribution is 7.89. The zero-order chi connectivity index (χ0) is 16.9. The average molecular weight is 340 g/mol. The third kappa shape index (κ3) is 4.94. The van der Waals surface area contributed by atoms with Crippen LogP contribution in [0.3, 0.4) is 0 Å². The Kier molecular flexibility index (Phi) is 5.64. The standard InChI is InChI=1S/C16H24N2O4S/c1-3-23(20,21)18-11-9-16(2,10-12-18)17-15(19)22-13-14-7-5-4-6-8-14/h4-8H,3,9-13H2,1-2H3,(H,17,19). The van der Waals surface area contributed by atoms with Crippen LogP contribution in [-0.4, -0.2) is 43.2 Å². The number of benzene rings is 1. The van der Waals surface area contributed by atoms with Crippen LogP contribution in [0.1, 0.15) is 32.3 Å². The average Bonchev–Trinajstić information content (AvgIpc) is 2.54. The van der Waals surface area contributed by atoms with Gasteiger partial charge in [-0.1, -0.05) is 30.3 Å². The SMILES string of the molecule is CCS(=O)(=O)N1CCC(C)(NC(=O)OCc2ccccc2)CC1. The highest BCUT2D eigenvalue weighted by Gasteiger charge is 2.35. The van der Waals surface area contributed by atoms with Crippen LogP contribution in [0.5, 0.6) is 0 Å². The molecule has 1 saturated heterocycles. The van der Waals surface area contributed by atoms with Gasteiger partial charge in [0.2, 0.25) is 10.0 Å². The van der Waals surface area contributed by atoms with Gasteiger partial charge in [0.1, 0.15) is 6.61 Å². The minimum Gasteiger partial charge on any atom is -0.445 e. The van der Waals surface area contributed by atoms with Crippen LogP contribution < -0.4 is 5.32 Å². The molecule has 1 aliphatic heterocycles. The number of ether oxygens (including phenoxy) is 1. The second-order valence-corrected chi connectivity index (χ2v) is 8.30. The predicted octanol–water partition coefficient (Wildman–Crippen LogP) is 2.12. The Labute approximate surface area is 137 Å². The van der Waals surface area contributed by atoms with Crippen molar-refractivity contribution in [3.05, 3.63) is 35.9 Å². The number of nitrogens with one attached hydrogen (secondary N) is 1. The molecule has 1 aromatic rings. The van der Waals surface area contributed by atoms with E-state index in [0.717, 1.165) is 5.56 Å². The first kappa shape index (κ1) is 17.7. The van der Waals surface area contributed by atoms with Crippen molar-refractivity contribution in [1.29, 1.82) is 0 Å². The van der Waals surface area contributed by atoms with Gasteiger partial charge in [0.25, 0.3) is 0 Å². The number of hydrogen-bond acceptors (Lipinski definition) is 4. The van der Waals surface area contributed by atoms with Crippen molar-refractivity contribution >= 4 is 16.1 Å². The Morgan fingerprint density at radius 2 is 1.87 bits per heavy atom. The summed E-state index contributed by atoms with van der Waals surface area (Å²) >= 11 is 0. The van der Waals surface area contributed by atoms with Crippen LogP contribution in [0.25, 0.3) is 0 Å². The van der Waals surface area contributed by atoms with Crippen molar-refractivity contribution in [3.8, 4) is 0 Å². The van der Waals surface area contributed by atoms with Gasteiger partial charge in [-0.2, -0.15) is 0 Å². The number of amides is 1. The molecule has 128 valence electrons. The number of carbonyl (C=O) groups excluding carboxylic acids is 1. The van der Waals surface area contributed by atoms with Crippen LogP contribution in [0, 0.1) is 0 Å². The van der Waals surface area contributed by atoms with E-state index >= 15 is 0 Å². The van der Waals surface area contributed by atoms with Crippen LogP contribution in [0.4, 0.5) is 4.79 Å². The zero-order valence-corrected chi connectivity index (χ0v) is 14.4. The lowest BCUT2D eigenvalue weighted by Gasteiger charge is -2.38. The summed E-state index contributed by atoms with van der Waals surface area (Å²) in [5.74, 6) is 0.107. The van der Waals surface area contributed by atoms with Gasteiger partial charge in [0.15, 0.2) is 0 Å². The van der Waals surface area contributed by atoms with E-state index < -0.39 is 21.7 Å². The fraction of sp³-hybridized carbons (Fsp3) is 0.562. The lowest BCUT2D eigenvalue weighted by Crippen LogP contribution is -2.54. The normalized spacial score (nSPS) is 18.3. The number of alkyl carbamates (subject to hydrolysis) is 1. The van der Waals surface area contributed by atoms with Gasteiger partial charge in [-0.25, -0.2) is 17.5 Å². The van der Waals surface area contributed by atoms with Crippen molar-refractivity contribution < 1.29 is 17.9 Å². The molecule has 2 rings (SSSR count). The minimum atomic E-state index is -3.16. The molecular weight excluding hydrogens is 316 g/mol. The number of piperidine rings is 1. The number of sulfonamides is 1. The van der Waals surface area contributed by atoms with Crippen molar-refractivity contribution in [3.63, 3.8) is 0 Å². The van der Waals surface area contributed by atoms with E-state index in [2.05, 4.69) is 5.32 Å². The van der Waals surface area contributed by atoms with E-state index in [1.54, 1.807) is 6.92 Å². The Morgan fingerprint density at radius 3 is 2.43 bits per heavy atom. The summed E-state index contributed by atoms with van der Waals surface area (Å²) in [7, 11) is -3.16. The highest BCUT2D eigenvalue weighted by Crippen LogP contribution is 2.24. The molecule has 7 heteroatoms. The molecule has 1 heterocycles. The molecule has 1 N–H and O–H groups in total. The van der Waals surface area contributed by atoms with E-state index in [0.29, 0.717) is 25.9 Å². The first-order valence-corrected chi connectivity index (χ1v) is 9.42. The molecule has 0 unspecified atom stereocenters. The zero-order valence-electron chi connectivity index (χ0n) is 13.6. The van der Waals surface area contributed by atoms with Crippen molar-refractivity contribution in [1.82, 2.24) is 9.62 Å². The molecule has 1 aliphatic rings. The van der Waals surface area contributed by atoms with Gasteiger partial charge in [0.05, 0.1) is 5.75 Å². The summed E-state index contributed by atoms with van der Waals surface area (Å²) in [6, 6.07) is 9.47. The molecular formula is C16H24N2O4S. The van der Waals surface area contributed by atoms with E-state index in [4.69, 9.17) is 4.74 Å². The smallest absolute Gasteiger partial charge is 0.407 e. The summed E-state index contributed by atoms with van der Waals surface area (Å²) in [4.78, 5) is 12.0. The number of rotatable bonds is 5. The Balaban J connectivity index is 1.82. The second kappa shape index (κ2) is 7.31. The fourth-order valence-electron chi connectivity index (χ4n) is 2.57. The molecule has 0 bridgehead atoms. The number of nitrogens with zero attached hydrogens (tertiary/aromatic N) is 1. The van der Waals surface area contributed by atoms with Gasteiger partial charge in [-0.05, 0) is 32.3 Å². The van der Waals surface area contributed by atoms with Gasteiger partial charge < -0.3 is 10.1 Å². The fourth-order valence-corrected chi connectivity index (χ4v) is 3.68. The summed E-state index contributed by atoms with van der Waals surface area (Å²) in [5.41, 5.74) is 0.490. The lowest BCUT2D eigenvalue weighted by atomic mass is 9.91. The largest absolute Gasteiger partial charge is 0.445 e. The van der Waals surface area contributed by atoms with Gasteiger partial charge >= 0.3 is 6.09 Å². The van der Waals surface area contributed by atoms with Crippen molar-refractivity contribution in [2.45, 2.75) is 38.8 Å². The van der Waals surface area contributed by atoms with E-state index in [1.807, 2.05) is 37.3 Å². The predicted molar refractivity (Wildman–Crippen MR) is 88.4 cm³/mol. The maximum absolute atomic E-state index is 12.0. The van der Waals surface area contributed by atoms with Gasteiger partial charge in [-0.15, -0.1) is 0 Å². The summed E-state index contributed by atoms with van der Waals surface area (Å²) < 4.78 is 30.4. The molecule has 0 spiro atoms. The lowest BCUT2D eigenvalue weighted by molar-refractivity contribution is 0.117. The second-order valence-electron chi connectivity index (χ2n) is 6.05. The maximum Gasteiger partial charge on any atom is 0.407 e. The minimum absolute atomic E-state index is 0.107. The molecule has 1 fully saturated rings. The molecule has 6 nitrogen and oxygen atoms in total. The third-order valence-corrected chi connectivity index (χ3v) is 6.08. The molecule has 0 saturated carbocycles. The van der Waals surface area contributed by atoms with Gasteiger partial charge in [-0.3, -0.25) is 0 Å². The molecule has 23 heavy (non-hydrogen) atoms. The van der Waals surface area contributed by atoms with E-state index in [1.165, 1.54) is 4.31 Å². The topological polar surface area (TPSA) is 75.7 Å². The van der Waals surface area contributed by atoms with Crippen molar-refractivity contribution in [2.75, 3.05) is 18.8 Å². The maximum atomic E-state index is 12.0. The third-order valence-electron chi connectivity index (χ3n) is 4.20. The first-order valence-electron chi connectivity index (χ1n) is 7.81. The van der Waals surface area contributed by atoms with Crippen LogP contribution in [-0.2, 0) is 21.4 Å². The molecule has 0 radical (unpaired) electrons. The van der Waals surface area contributed by atoms with Crippen LogP contribution in [0.15, 0.2) is 30.3 Å². The Bertz CT molecular complexity index is 623.